The number of benzene rings is 3. The van der Waals surface area contributed by atoms with Crippen LogP contribution >= 0.6 is 0 Å². The Balaban J connectivity index is 2.22. The monoisotopic (exact) mass is 385 g/mol. The molecule has 150 valence electrons. The Kier molecular flexibility index (Phi) is 6.53. The number of aryl methyl sites for hydroxylation is 1. The van der Waals surface area contributed by atoms with Gasteiger partial charge in [-0.3, -0.25) is 4.99 Å². The first kappa shape index (κ1) is 20.9. The Morgan fingerprint density at radius 3 is 1.90 bits per heavy atom. The molecule has 0 bridgehead atoms. The molecule has 0 saturated heterocycles. The Labute approximate surface area is 175 Å². The van der Waals surface area contributed by atoms with Gasteiger partial charge in [-0.05, 0) is 49.4 Å². The van der Waals surface area contributed by atoms with Gasteiger partial charge in [-0.1, -0.05) is 80.6 Å². The van der Waals surface area contributed by atoms with Crippen molar-refractivity contribution in [2.45, 2.75) is 52.0 Å². The van der Waals surface area contributed by atoms with Crippen LogP contribution in [0.15, 0.2) is 77.8 Å². The fourth-order valence-electron chi connectivity index (χ4n) is 3.99. The summed E-state index contributed by atoms with van der Waals surface area (Å²) in [6, 6.07) is 25.2. The molecule has 0 spiro atoms. The zero-order chi connectivity index (χ0) is 20.9. The van der Waals surface area contributed by atoms with Crippen molar-refractivity contribution in [1.29, 1.82) is 0 Å². The molecule has 0 aromatic heterocycles. The molecule has 2 nitrogen and oxygen atoms in total. The molecule has 3 aromatic rings. The molecule has 0 unspecified atom stereocenters. The lowest BCUT2D eigenvalue weighted by atomic mass is 9.70. The third-order valence-electron chi connectivity index (χ3n) is 5.89. The summed E-state index contributed by atoms with van der Waals surface area (Å²) >= 11 is 0. The van der Waals surface area contributed by atoms with E-state index in [1.807, 2.05) is 24.4 Å². The average molecular weight is 386 g/mol. The molecule has 0 fully saturated rings. The normalized spacial score (nSPS) is 12.0. The van der Waals surface area contributed by atoms with Crippen molar-refractivity contribution in [2.24, 2.45) is 4.99 Å². The summed E-state index contributed by atoms with van der Waals surface area (Å²) < 4.78 is 0. The summed E-state index contributed by atoms with van der Waals surface area (Å²) in [7, 11) is 0. The molecule has 3 aromatic carbocycles. The quantitative estimate of drug-likeness (QED) is 0.358. The topological polar surface area (TPSA) is 32.6 Å². The summed E-state index contributed by atoms with van der Waals surface area (Å²) in [4.78, 5) is 4.72. The molecule has 3 rings (SSSR count). The summed E-state index contributed by atoms with van der Waals surface area (Å²) in [5.41, 5.74) is 4.62. The Morgan fingerprint density at radius 2 is 1.41 bits per heavy atom. The molecular weight excluding hydrogens is 354 g/mol. The van der Waals surface area contributed by atoms with E-state index >= 15 is 0 Å². The van der Waals surface area contributed by atoms with Gasteiger partial charge in [0, 0.05) is 28.8 Å². The second kappa shape index (κ2) is 9.09. The summed E-state index contributed by atoms with van der Waals surface area (Å²) in [5.74, 6) is 0.306. The number of hydrogen-bond donors (Lipinski definition) is 1. The van der Waals surface area contributed by atoms with Crippen LogP contribution in [0.25, 0.3) is 0 Å². The van der Waals surface area contributed by atoms with Crippen molar-refractivity contribution in [3.63, 3.8) is 0 Å². The number of hydrogen-bond acceptors (Lipinski definition) is 2. The first-order valence-corrected chi connectivity index (χ1v) is 10.5. The lowest BCUT2D eigenvalue weighted by molar-refractivity contribution is 0.456. The van der Waals surface area contributed by atoms with Crippen LogP contribution in [0.3, 0.4) is 0 Å². The Bertz CT molecular complexity index is 917. The molecule has 0 radical (unpaired) electrons. The van der Waals surface area contributed by atoms with Gasteiger partial charge in [0.15, 0.2) is 0 Å². The van der Waals surface area contributed by atoms with Crippen molar-refractivity contribution >= 4 is 6.21 Å². The van der Waals surface area contributed by atoms with Gasteiger partial charge < -0.3 is 5.11 Å². The first-order chi connectivity index (χ1) is 14.0. The molecule has 0 heterocycles. The molecule has 0 aliphatic rings. The van der Waals surface area contributed by atoms with Crippen molar-refractivity contribution in [3.8, 4) is 5.75 Å². The number of phenols is 1. The third kappa shape index (κ3) is 4.27. The van der Waals surface area contributed by atoms with Crippen molar-refractivity contribution in [2.75, 3.05) is 0 Å². The van der Waals surface area contributed by atoms with Crippen LogP contribution in [0.1, 0.15) is 61.4 Å². The van der Waals surface area contributed by atoms with Gasteiger partial charge in [0.25, 0.3) is 0 Å². The molecule has 0 saturated carbocycles. The second-order valence-corrected chi connectivity index (χ2v) is 7.86. The summed E-state index contributed by atoms with van der Waals surface area (Å²) in [6.45, 7) is 8.56. The highest BCUT2D eigenvalue weighted by atomic mass is 16.3. The maximum absolute atomic E-state index is 11.3. The molecule has 1 N–H and O–H groups in total. The predicted molar refractivity (Wildman–Crippen MR) is 123 cm³/mol. The van der Waals surface area contributed by atoms with Crippen LogP contribution in [0, 0.1) is 6.92 Å². The van der Waals surface area contributed by atoms with E-state index in [0.29, 0.717) is 5.75 Å². The maximum Gasteiger partial charge on any atom is 0.128 e. The zero-order valence-corrected chi connectivity index (χ0v) is 17.9. The van der Waals surface area contributed by atoms with Crippen molar-refractivity contribution in [3.05, 3.63) is 101 Å². The van der Waals surface area contributed by atoms with Gasteiger partial charge in [0.2, 0.25) is 0 Å². The standard InChI is InChI=1S/C27H31NO/c1-5-24(6-2)28-19-21-17-20(3)18-25(26(21)29)27(4,22-13-9-7-10-14-22)23-15-11-8-12-16-23/h7-19,24,29H,5-6H2,1-4H3. The number of aliphatic imine (C=N–C) groups is 1. The van der Waals surface area contributed by atoms with E-state index < -0.39 is 5.41 Å². The average Bonchev–Trinajstić information content (AvgIpc) is 2.77. The highest BCUT2D eigenvalue weighted by Gasteiger charge is 2.34. The molecule has 0 atom stereocenters. The van der Waals surface area contributed by atoms with E-state index in [1.54, 1.807) is 0 Å². The Hall–Kier alpha value is -2.87. The van der Waals surface area contributed by atoms with Gasteiger partial charge >= 0.3 is 0 Å². The van der Waals surface area contributed by atoms with E-state index in [0.717, 1.165) is 40.7 Å². The number of aromatic hydroxyl groups is 1. The van der Waals surface area contributed by atoms with Crippen molar-refractivity contribution < 1.29 is 5.11 Å². The molecular formula is C27H31NO. The highest BCUT2D eigenvalue weighted by Crippen LogP contribution is 2.44. The van der Waals surface area contributed by atoms with Gasteiger partial charge in [-0.25, -0.2) is 0 Å². The van der Waals surface area contributed by atoms with Gasteiger partial charge in [0.1, 0.15) is 5.75 Å². The number of phenolic OH excluding ortho intramolecular Hbond substituents is 1. The molecule has 0 aliphatic heterocycles. The molecule has 2 heteroatoms. The van der Waals surface area contributed by atoms with Crippen LogP contribution in [-0.4, -0.2) is 17.4 Å². The van der Waals surface area contributed by atoms with E-state index in [9.17, 15) is 5.11 Å². The third-order valence-corrected chi connectivity index (χ3v) is 5.89. The number of nitrogens with zero attached hydrogens (tertiary/aromatic N) is 1. The predicted octanol–water partition coefficient (Wildman–Crippen LogP) is 6.66. The van der Waals surface area contributed by atoms with Crippen LogP contribution in [-0.2, 0) is 5.41 Å². The van der Waals surface area contributed by atoms with E-state index in [2.05, 4.69) is 82.3 Å². The number of rotatable bonds is 7. The first-order valence-electron chi connectivity index (χ1n) is 10.5. The minimum absolute atomic E-state index is 0.285. The van der Waals surface area contributed by atoms with E-state index in [-0.39, 0.29) is 6.04 Å². The highest BCUT2D eigenvalue weighted by molar-refractivity contribution is 5.85. The van der Waals surface area contributed by atoms with Crippen LogP contribution in [0.2, 0.25) is 0 Å². The van der Waals surface area contributed by atoms with Gasteiger partial charge in [-0.15, -0.1) is 0 Å². The molecule has 0 aliphatic carbocycles. The Morgan fingerprint density at radius 1 is 0.897 bits per heavy atom. The molecule has 29 heavy (non-hydrogen) atoms. The van der Waals surface area contributed by atoms with Crippen molar-refractivity contribution in [1.82, 2.24) is 0 Å². The minimum Gasteiger partial charge on any atom is -0.507 e. The largest absolute Gasteiger partial charge is 0.507 e. The smallest absolute Gasteiger partial charge is 0.128 e. The minimum atomic E-state index is -0.476. The SMILES string of the molecule is CCC(CC)N=Cc1cc(C)cc(C(C)(c2ccccc2)c2ccccc2)c1O. The van der Waals surface area contributed by atoms with Gasteiger partial charge in [0.05, 0.1) is 0 Å². The van der Waals surface area contributed by atoms with E-state index in [4.69, 9.17) is 4.99 Å². The summed E-state index contributed by atoms with van der Waals surface area (Å²) in [5, 5.41) is 11.3. The fourth-order valence-corrected chi connectivity index (χ4v) is 3.99. The second-order valence-electron chi connectivity index (χ2n) is 7.86. The summed E-state index contributed by atoms with van der Waals surface area (Å²) in [6.07, 6.45) is 3.84. The van der Waals surface area contributed by atoms with Gasteiger partial charge in [-0.2, -0.15) is 0 Å². The zero-order valence-electron chi connectivity index (χ0n) is 17.9. The van der Waals surface area contributed by atoms with Crippen LogP contribution < -0.4 is 0 Å². The maximum atomic E-state index is 11.3. The van der Waals surface area contributed by atoms with Crippen LogP contribution in [0.5, 0.6) is 5.75 Å². The lowest BCUT2D eigenvalue weighted by Gasteiger charge is -2.33. The lowest BCUT2D eigenvalue weighted by Crippen LogP contribution is -2.26. The van der Waals surface area contributed by atoms with E-state index in [1.165, 1.54) is 0 Å². The van der Waals surface area contributed by atoms with Crippen LogP contribution in [0.4, 0.5) is 0 Å². The molecule has 0 amide bonds. The fraction of sp³-hybridized carbons (Fsp3) is 0.296.